The van der Waals surface area contributed by atoms with Gasteiger partial charge >= 0.3 is 0 Å². The molecule has 2 aromatic rings. The van der Waals surface area contributed by atoms with Crippen molar-refractivity contribution in [3.8, 4) is 0 Å². The summed E-state index contributed by atoms with van der Waals surface area (Å²) in [6.07, 6.45) is 0.913. The highest BCUT2D eigenvalue weighted by atomic mass is 32.2. The van der Waals surface area contributed by atoms with E-state index in [0.717, 1.165) is 23.5 Å². The summed E-state index contributed by atoms with van der Waals surface area (Å²) in [4.78, 5) is 15.4. The SMILES string of the molecule is CC(Sc1ccc(F)cc1)C(=O)N1CCc2ccccc21. The maximum absolute atomic E-state index is 12.9. The van der Waals surface area contributed by atoms with Gasteiger partial charge in [0, 0.05) is 17.1 Å². The monoisotopic (exact) mass is 301 g/mol. The zero-order valence-electron chi connectivity index (χ0n) is 11.8. The molecule has 1 amide bonds. The van der Waals surface area contributed by atoms with Gasteiger partial charge in [0.1, 0.15) is 5.82 Å². The fourth-order valence-electron chi connectivity index (χ4n) is 2.55. The van der Waals surface area contributed by atoms with Crippen LogP contribution in [0.4, 0.5) is 10.1 Å². The Hall–Kier alpha value is -1.81. The van der Waals surface area contributed by atoms with Crippen molar-refractivity contribution in [2.45, 2.75) is 23.5 Å². The quantitative estimate of drug-likeness (QED) is 0.802. The molecule has 2 nitrogen and oxygen atoms in total. The second-order valence-corrected chi connectivity index (χ2v) is 6.50. The zero-order valence-corrected chi connectivity index (χ0v) is 12.6. The average molecular weight is 301 g/mol. The molecule has 4 heteroatoms. The smallest absolute Gasteiger partial charge is 0.240 e. The van der Waals surface area contributed by atoms with Crippen molar-refractivity contribution in [2.24, 2.45) is 0 Å². The van der Waals surface area contributed by atoms with Crippen LogP contribution in [-0.2, 0) is 11.2 Å². The summed E-state index contributed by atoms with van der Waals surface area (Å²) in [7, 11) is 0. The normalized spacial score (nSPS) is 14.9. The number of carbonyl (C=O) groups is 1. The van der Waals surface area contributed by atoms with Gasteiger partial charge in [-0.3, -0.25) is 4.79 Å². The van der Waals surface area contributed by atoms with E-state index in [0.29, 0.717) is 0 Å². The molecule has 1 heterocycles. The first-order chi connectivity index (χ1) is 10.1. The van der Waals surface area contributed by atoms with Crippen LogP contribution in [0, 0.1) is 5.82 Å². The van der Waals surface area contributed by atoms with E-state index >= 15 is 0 Å². The number of anilines is 1. The van der Waals surface area contributed by atoms with E-state index in [1.54, 1.807) is 12.1 Å². The van der Waals surface area contributed by atoms with Crippen LogP contribution in [0.3, 0.4) is 0 Å². The molecule has 21 heavy (non-hydrogen) atoms. The van der Waals surface area contributed by atoms with Crippen molar-refractivity contribution in [3.63, 3.8) is 0 Å². The lowest BCUT2D eigenvalue weighted by molar-refractivity contribution is -0.117. The van der Waals surface area contributed by atoms with Crippen molar-refractivity contribution >= 4 is 23.4 Å². The minimum Gasteiger partial charge on any atom is -0.311 e. The fraction of sp³-hybridized carbons (Fsp3) is 0.235. The number of carbonyl (C=O) groups excluding carboxylic acids is 1. The Labute approximate surface area is 128 Å². The molecule has 1 aliphatic heterocycles. The van der Waals surface area contributed by atoms with E-state index < -0.39 is 0 Å². The molecule has 0 spiro atoms. The number of thioether (sulfide) groups is 1. The molecule has 0 bridgehead atoms. The maximum atomic E-state index is 12.9. The van der Waals surface area contributed by atoms with Crippen molar-refractivity contribution < 1.29 is 9.18 Å². The summed E-state index contributed by atoms with van der Waals surface area (Å²) in [5.74, 6) is -0.152. The second-order valence-electron chi connectivity index (χ2n) is 5.08. The third-order valence-electron chi connectivity index (χ3n) is 3.63. The summed E-state index contributed by atoms with van der Waals surface area (Å²) in [5.41, 5.74) is 2.25. The number of amides is 1. The predicted molar refractivity (Wildman–Crippen MR) is 84.2 cm³/mol. The Morgan fingerprint density at radius 2 is 1.90 bits per heavy atom. The zero-order chi connectivity index (χ0) is 14.8. The molecule has 0 N–H and O–H groups in total. The third-order valence-corrected chi connectivity index (χ3v) is 4.73. The van der Waals surface area contributed by atoms with Gasteiger partial charge in [-0.1, -0.05) is 18.2 Å². The number of hydrogen-bond donors (Lipinski definition) is 0. The molecule has 1 unspecified atom stereocenters. The fourth-order valence-corrected chi connectivity index (χ4v) is 3.48. The van der Waals surface area contributed by atoms with Gasteiger partial charge in [0.2, 0.25) is 5.91 Å². The Kier molecular flexibility index (Phi) is 3.97. The summed E-state index contributed by atoms with van der Waals surface area (Å²) in [6.45, 7) is 2.64. The van der Waals surface area contributed by atoms with Gasteiger partial charge in [-0.15, -0.1) is 11.8 Å². The average Bonchev–Trinajstić information content (AvgIpc) is 2.92. The number of para-hydroxylation sites is 1. The number of benzene rings is 2. The van der Waals surface area contributed by atoms with Gasteiger partial charge in [-0.05, 0) is 49.2 Å². The minimum absolute atomic E-state index is 0.106. The van der Waals surface area contributed by atoms with Gasteiger partial charge in [0.25, 0.3) is 0 Å². The Bertz CT molecular complexity index is 656. The molecule has 0 fully saturated rings. The molecule has 108 valence electrons. The topological polar surface area (TPSA) is 20.3 Å². The molecular formula is C17H16FNOS. The Morgan fingerprint density at radius 3 is 2.67 bits per heavy atom. The largest absolute Gasteiger partial charge is 0.311 e. The van der Waals surface area contributed by atoms with Crippen LogP contribution in [0.5, 0.6) is 0 Å². The molecule has 1 aliphatic rings. The molecule has 0 radical (unpaired) electrons. The predicted octanol–water partition coefficient (Wildman–Crippen LogP) is 3.90. The van der Waals surface area contributed by atoms with Crippen LogP contribution in [-0.4, -0.2) is 17.7 Å². The maximum Gasteiger partial charge on any atom is 0.240 e. The van der Waals surface area contributed by atoms with E-state index in [-0.39, 0.29) is 17.0 Å². The van der Waals surface area contributed by atoms with E-state index in [4.69, 9.17) is 0 Å². The summed E-state index contributed by atoms with van der Waals surface area (Å²) in [6, 6.07) is 14.3. The number of fused-ring (bicyclic) bond motifs is 1. The molecule has 0 saturated carbocycles. The van der Waals surface area contributed by atoms with Crippen LogP contribution in [0.1, 0.15) is 12.5 Å². The number of nitrogens with zero attached hydrogens (tertiary/aromatic N) is 1. The van der Waals surface area contributed by atoms with Gasteiger partial charge < -0.3 is 4.90 Å². The van der Waals surface area contributed by atoms with Gasteiger partial charge in [-0.25, -0.2) is 4.39 Å². The van der Waals surface area contributed by atoms with Crippen LogP contribution < -0.4 is 4.90 Å². The van der Waals surface area contributed by atoms with E-state index in [9.17, 15) is 9.18 Å². The third kappa shape index (κ3) is 2.95. The molecule has 0 aliphatic carbocycles. The Morgan fingerprint density at radius 1 is 1.19 bits per heavy atom. The lowest BCUT2D eigenvalue weighted by atomic mass is 10.2. The second kappa shape index (κ2) is 5.90. The molecule has 0 aromatic heterocycles. The molecular weight excluding hydrogens is 285 g/mol. The number of halogens is 1. The lowest BCUT2D eigenvalue weighted by Crippen LogP contribution is -2.35. The summed E-state index contributed by atoms with van der Waals surface area (Å²) < 4.78 is 12.9. The highest BCUT2D eigenvalue weighted by molar-refractivity contribution is 8.00. The minimum atomic E-state index is -0.258. The number of rotatable bonds is 3. The summed E-state index contributed by atoms with van der Waals surface area (Å²) >= 11 is 1.46. The van der Waals surface area contributed by atoms with Crippen LogP contribution in [0.2, 0.25) is 0 Å². The molecule has 0 saturated heterocycles. The Balaban J connectivity index is 1.72. The van der Waals surface area contributed by atoms with Gasteiger partial charge in [0.05, 0.1) is 5.25 Å². The van der Waals surface area contributed by atoms with E-state index in [1.807, 2.05) is 30.0 Å². The van der Waals surface area contributed by atoms with Crippen molar-refractivity contribution in [1.29, 1.82) is 0 Å². The first-order valence-electron chi connectivity index (χ1n) is 6.96. The van der Waals surface area contributed by atoms with Crippen molar-refractivity contribution in [2.75, 3.05) is 11.4 Å². The van der Waals surface area contributed by atoms with Gasteiger partial charge in [0.15, 0.2) is 0 Å². The summed E-state index contributed by atoms with van der Waals surface area (Å²) in [5, 5.41) is -0.193. The molecule has 3 rings (SSSR count). The highest BCUT2D eigenvalue weighted by Gasteiger charge is 2.28. The highest BCUT2D eigenvalue weighted by Crippen LogP contribution is 2.31. The van der Waals surface area contributed by atoms with Crippen LogP contribution >= 0.6 is 11.8 Å². The van der Waals surface area contributed by atoms with Crippen LogP contribution in [0.25, 0.3) is 0 Å². The standard InChI is InChI=1S/C17H16FNOS/c1-12(21-15-8-6-14(18)7-9-15)17(20)19-11-10-13-4-2-3-5-16(13)19/h2-9,12H,10-11H2,1H3. The first kappa shape index (κ1) is 14.1. The van der Waals surface area contributed by atoms with E-state index in [2.05, 4.69) is 6.07 Å². The lowest BCUT2D eigenvalue weighted by Gasteiger charge is -2.21. The first-order valence-corrected chi connectivity index (χ1v) is 7.84. The van der Waals surface area contributed by atoms with Crippen molar-refractivity contribution in [3.05, 3.63) is 59.9 Å². The van der Waals surface area contributed by atoms with Crippen LogP contribution in [0.15, 0.2) is 53.4 Å². The van der Waals surface area contributed by atoms with Gasteiger partial charge in [-0.2, -0.15) is 0 Å². The molecule has 1 atom stereocenters. The van der Waals surface area contributed by atoms with Crippen molar-refractivity contribution in [1.82, 2.24) is 0 Å². The number of hydrogen-bond acceptors (Lipinski definition) is 2. The molecule has 2 aromatic carbocycles. The van der Waals surface area contributed by atoms with E-state index in [1.165, 1.54) is 29.5 Å².